The van der Waals surface area contributed by atoms with Crippen molar-refractivity contribution < 1.29 is 14.4 Å². The van der Waals surface area contributed by atoms with Crippen molar-refractivity contribution in [3.05, 3.63) is 35.9 Å². The second-order valence-electron chi connectivity index (χ2n) is 3.85. The van der Waals surface area contributed by atoms with E-state index in [4.69, 9.17) is 15.4 Å². The Bertz CT molecular complexity index is 709. The first-order chi connectivity index (χ1) is 8.66. The van der Waals surface area contributed by atoms with Gasteiger partial charge in [0.05, 0.1) is 5.69 Å². The Balaban J connectivity index is 2.23. The minimum absolute atomic E-state index is 0.124. The largest absolute Gasteiger partial charge is 0.477 e. The van der Waals surface area contributed by atoms with Crippen molar-refractivity contribution in [2.24, 2.45) is 0 Å². The van der Waals surface area contributed by atoms with Crippen molar-refractivity contribution in [3.63, 3.8) is 0 Å². The number of carbonyl (C=O) groups is 1. The monoisotopic (exact) mass is 243 g/mol. The van der Waals surface area contributed by atoms with Crippen LogP contribution in [0.3, 0.4) is 0 Å². The van der Waals surface area contributed by atoms with Crippen LogP contribution in [0.25, 0.3) is 22.3 Å². The SMILES string of the molecule is Nc1onc(-c2cc3ccccc3[nH]2)c1C(=O)O. The van der Waals surface area contributed by atoms with E-state index in [0.717, 1.165) is 10.9 Å². The first-order valence-corrected chi connectivity index (χ1v) is 5.23. The Morgan fingerprint density at radius 2 is 2.17 bits per heavy atom. The molecule has 3 rings (SSSR count). The molecule has 4 N–H and O–H groups in total. The maximum absolute atomic E-state index is 11.1. The van der Waals surface area contributed by atoms with Crippen molar-refractivity contribution >= 4 is 22.8 Å². The number of aromatic carboxylic acids is 1. The third kappa shape index (κ3) is 1.43. The van der Waals surface area contributed by atoms with Crippen LogP contribution >= 0.6 is 0 Å². The summed E-state index contributed by atoms with van der Waals surface area (Å²) in [5, 5.41) is 13.7. The average Bonchev–Trinajstić information content (AvgIpc) is 2.91. The summed E-state index contributed by atoms with van der Waals surface area (Å²) >= 11 is 0. The number of nitrogens with one attached hydrogen (secondary N) is 1. The van der Waals surface area contributed by atoms with Crippen molar-refractivity contribution in [1.82, 2.24) is 10.1 Å². The number of rotatable bonds is 2. The van der Waals surface area contributed by atoms with Crippen LogP contribution in [0, 0.1) is 0 Å². The van der Waals surface area contributed by atoms with Gasteiger partial charge in [-0.2, -0.15) is 0 Å². The predicted molar refractivity (Wildman–Crippen MR) is 65.2 cm³/mol. The molecule has 0 aliphatic heterocycles. The number of H-pyrrole nitrogens is 1. The number of nitrogens with two attached hydrogens (primary N) is 1. The Hall–Kier alpha value is -2.76. The lowest BCUT2D eigenvalue weighted by atomic mass is 10.2. The van der Waals surface area contributed by atoms with E-state index in [1.807, 2.05) is 24.3 Å². The zero-order valence-electron chi connectivity index (χ0n) is 9.18. The van der Waals surface area contributed by atoms with E-state index in [1.54, 1.807) is 6.07 Å². The Morgan fingerprint density at radius 1 is 1.39 bits per heavy atom. The molecule has 1 aromatic carbocycles. The molecule has 0 radical (unpaired) electrons. The number of carboxylic acids is 1. The molecular weight excluding hydrogens is 234 g/mol. The highest BCUT2D eigenvalue weighted by molar-refractivity contribution is 5.99. The van der Waals surface area contributed by atoms with Crippen LogP contribution in [-0.2, 0) is 0 Å². The van der Waals surface area contributed by atoms with Gasteiger partial charge in [0.2, 0.25) is 5.88 Å². The number of anilines is 1. The average molecular weight is 243 g/mol. The van der Waals surface area contributed by atoms with Crippen molar-refractivity contribution in [2.75, 3.05) is 5.73 Å². The second-order valence-corrected chi connectivity index (χ2v) is 3.85. The summed E-state index contributed by atoms with van der Waals surface area (Å²) in [7, 11) is 0. The smallest absolute Gasteiger partial charge is 0.343 e. The van der Waals surface area contributed by atoms with Gasteiger partial charge in [0.25, 0.3) is 0 Å². The van der Waals surface area contributed by atoms with Gasteiger partial charge in [-0.15, -0.1) is 0 Å². The molecule has 0 unspecified atom stereocenters. The minimum Gasteiger partial charge on any atom is -0.477 e. The fraction of sp³-hybridized carbons (Fsp3) is 0. The molecule has 2 heterocycles. The standard InChI is InChI=1S/C12H9N3O3/c13-11-9(12(16)17)10(15-18-11)8-5-6-3-1-2-4-7(6)14-8/h1-5,14H,13H2,(H,16,17). The maximum Gasteiger partial charge on any atom is 0.343 e. The van der Waals surface area contributed by atoms with E-state index in [-0.39, 0.29) is 17.1 Å². The number of benzene rings is 1. The molecule has 2 aromatic heterocycles. The van der Waals surface area contributed by atoms with Crippen LogP contribution in [0.5, 0.6) is 0 Å². The van der Waals surface area contributed by atoms with Gasteiger partial charge in [-0.05, 0) is 12.1 Å². The number of hydrogen-bond donors (Lipinski definition) is 3. The second kappa shape index (κ2) is 3.63. The number of nitrogen functional groups attached to an aromatic ring is 1. The van der Waals surface area contributed by atoms with Crippen molar-refractivity contribution in [1.29, 1.82) is 0 Å². The number of fused-ring (bicyclic) bond motifs is 1. The molecule has 0 aliphatic carbocycles. The first-order valence-electron chi connectivity index (χ1n) is 5.23. The minimum atomic E-state index is -1.16. The molecule has 6 heteroatoms. The third-order valence-electron chi connectivity index (χ3n) is 2.72. The van der Waals surface area contributed by atoms with Crippen LogP contribution in [0.4, 0.5) is 5.88 Å². The van der Waals surface area contributed by atoms with E-state index < -0.39 is 5.97 Å². The van der Waals surface area contributed by atoms with Gasteiger partial charge in [0, 0.05) is 10.9 Å². The summed E-state index contributed by atoms with van der Waals surface area (Å²) in [6.45, 7) is 0. The fourth-order valence-corrected chi connectivity index (χ4v) is 1.89. The summed E-state index contributed by atoms with van der Waals surface area (Å²) in [6, 6.07) is 9.40. The Kier molecular flexibility index (Phi) is 2.09. The van der Waals surface area contributed by atoms with Gasteiger partial charge in [-0.1, -0.05) is 23.4 Å². The molecule has 0 saturated carbocycles. The number of para-hydroxylation sites is 1. The first kappa shape index (κ1) is 10.4. The molecule has 0 aliphatic rings. The zero-order valence-corrected chi connectivity index (χ0v) is 9.18. The molecule has 3 aromatic rings. The maximum atomic E-state index is 11.1. The zero-order chi connectivity index (χ0) is 12.7. The summed E-state index contributed by atoms with van der Waals surface area (Å²) in [5.41, 5.74) is 6.99. The lowest BCUT2D eigenvalue weighted by Crippen LogP contribution is -2.01. The van der Waals surface area contributed by atoms with Crippen LogP contribution in [0.15, 0.2) is 34.9 Å². The van der Waals surface area contributed by atoms with Crippen LogP contribution in [-0.4, -0.2) is 21.2 Å². The van der Waals surface area contributed by atoms with E-state index in [0.29, 0.717) is 5.69 Å². The number of nitrogens with zero attached hydrogens (tertiary/aromatic N) is 1. The number of hydrogen-bond acceptors (Lipinski definition) is 4. The molecule has 0 fully saturated rings. The molecular formula is C12H9N3O3. The summed E-state index contributed by atoms with van der Waals surface area (Å²) in [6.07, 6.45) is 0. The highest BCUT2D eigenvalue weighted by Crippen LogP contribution is 2.29. The van der Waals surface area contributed by atoms with Crippen molar-refractivity contribution in [2.45, 2.75) is 0 Å². The number of aromatic nitrogens is 2. The summed E-state index contributed by atoms with van der Waals surface area (Å²) in [5.74, 6) is -1.36. The summed E-state index contributed by atoms with van der Waals surface area (Å²) < 4.78 is 4.73. The molecule has 0 bridgehead atoms. The molecule has 6 nitrogen and oxygen atoms in total. The van der Waals surface area contributed by atoms with Gasteiger partial charge >= 0.3 is 5.97 Å². The van der Waals surface area contributed by atoms with E-state index >= 15 is 0 Å². The van der Waals surface area contributed by atoms with Crippen LogP contribution in [0.2, 0.25) is 0 Å². The molecule has 0 amide bonds. The van der Waals surface area contributed by atoms with Gasteiger partial charge in [-0.25, -0.2) is 4.79 Å². The lowest BCUT2D eigenvalue weighted by Gasteiger charge is -1.93. The highest BCUT2D eigenvalue weighted by atomic mass is 16.5. The van der Waals surface area contributed by atoms with Crippen molar-refractivity contribution in [3.8, 4) is 11.4 Å². The molecule has 0 saturated heterocycles. The number of carboxylic acid groups (broad SMARTS) is 1. The Morgan fingerprint density at radius 3 is 2.89 bits per heavy atom. The molecule has 0 atom stereocenters. The molecule has 90 valence electrons. The fourth-order valence-electron chi connectivity index (χ4n) is 1.89. The highest BCUT2D eigenvalue weighted by Gasteiger charge is 2.22. The van der Waals surface area contributed by atoms with E-state index in [1.165, 1.54) is 0 Å². The lowest BCUT2D eigenvalue weighted by molar-refractivity contribution is 0.0698. The number of aromatic amines is 1. The van der Waals surface area contributed by atoms with Gasteiger partial charge in [0.15, 0.2) is 5.56 Å². The normalized spacial score (nSPS) is 10.9. The predicted octanol–water partition coefficient (Wildman–Crippen LogP) is 2.10. The quantitative estimate of drug-likeness (QED) is 0.639. The van der Waals surface area contributed by atoms with Crippen LogP contribution < -0.4 is 5.73 Å². The van der Waals surface area contributed by atoms with E-state index in [2.05, 4.69) is 10.1 Å². The van der Waals surface area contributed by atoms with E-state index in [9.17, 15) is 4.79 Å². The third-order valence-corrected chi connectivity index (χ3v) is 2.72. The Labute approximate surface area is 101 Å². The topological polar surface area (TPSA) is 105 Å². The van der Waals surface area contributed by atoms with Gasteiger partial charge < -0.3 is 20.3 Å². The van der Waals surface area contributed by atoms with Crippen LogP contribution in [0.1, 0.15) is 10.4 Å². The molecule has 18 heavy (non-hydrogen) atoms. The van der Waals surface area contributed by atoms with Gasteiger partial charge in [0.1, 0.15) is 5.69 Å². The summed E-state index contributed by atoms with van der Waals surface area (Å²) in [4.78, 5) is 14.2. The molecule has 0 spiro atoms. The van der Waals surface area contributed by atoms with Gasteiger partial charge in [-0.3, -0.25) is 0 Å².